The molecule has 1 aromatic heterocycles. The molecule has 2 aliphatic carbocycles. The summed E-state index contributed by atoms with van der Waals surface area (Å²) < 4.78 is 6.69. The van der Waals surface area contributed by atoms with Crippen LogP contribution in [0, 0.1) is 11.8 Å². The van der Waals surface area contributed by atoms with Crippen molar-refractivity contribution < 1.29 is 14.3 Å². The van der Waals surface area contributed by atoms with Crippen LogP contribution in [0.25, 0.3) is 0 Å². The van der Waals surface area contributed by atoms with E-state index in [4.69, 9.17) is 10.5 Å². The largest absolute Gasteiger partial charge is 0.497 e. The van der Waals surface area contributed by atoms with Crippen molar-refractivity contribution in [1.29, 1.82) is 0 Å². The van der Waals surface area contributed by atoms with Crippen LogP contribution >= 0.6 is 0 Å². The lowest BCUT2D eigenvalue weighted by atomic mass is 10.0. The van der Waals surface area contributed by atoms with Crippen molar-refractivity contribution in [2.45, 2.75) is 25.8 Å². The number of nitrogens with one attached hydrogen (secondary N) is 1. The van der Waals surface area contributed by atoms with E-state index in [1.54, 1.807) is 7.11 Å². The van der Waals surface area contributed by atoms with Crippen molar-refractivity contribution in [3.8, 4) is 0 Å². The second-order valence-corrected chi connectivity index (χ2v) is 5.76. The fourth-order valence-corrected chi connectivity index (χ4v) is 2.45. The van der Waals surface area contributed by atoms with Crippen LogP contribution in [-0.2, 0) is 16.1 Å². The number of hydrogen-bond donors (Lipinski definition) is 2. The fourth-order valence-electron chi connectivity index (χ4n) is 2.45. The maximum atomic E-state index is 12.0. The summed E-state index contributed by atoms with van der Waals surface area (Å²) in [5, 5.41) is 10.5. The number of hydrogen-bond acceptors (Lipinski definition) is 5. The molecule has 0 saturated heterocycles. The van der Waals surface area contributed by atoms with Crippen molar-refractivity contribution in [1.82, 2.24) is 15.0 Å². The Labute approximate surface area is 133 Å². The van der Waals surface area contributed by atoms with Crippen LogP contribution in [0.1, 0.15) is 29.8 Å². The van der Waals surface area contributed by atoms with Crippen LogP contribution in [0.4, 0.5) is 5.82 Å². The number of aromatic nitrogens is 3. The average molecular weight is 317 g/mol. The van der Waals surface area contributed by atoms with Crippen molar-refractivity contribution in [3.63, 3.8) is 0 Å². The Balaban J connectivity index is 1.76. The molecule has 122 valence electrons. The molecule has 0 aromatic carbocycles. The van der Waals surface area contributed by atoms with Crippen LogP contribution in [0.3, 0.4) is 0 Å². The molecular formula is C15H19N5O3. The van der Waals surface area contributed by atoms with Crippen molar-refractivity contribution in [2.24, 2.45) is 17.6 Å². The number of nitrogens with zero attached hydrogens (tertiary/aromatic N) is 3. The van der Waals surface area contributed by atoms with Crippen LogP contribution in [0.15, 0.2) is 24.0 Å². The van der Waals surface area contributed by atoms with E-state index in [0.717, 1.165) is 25.0 Å². The zero-order valence-corrected chi connectivity index (χ0v) is 12.9. The van der Waals surface area contributed by atoms with Crippen molar-refractivity contribution >= 4 is 17.6 Å². The Morgan fingerprint density at radius 3 is 2.83 bits per heavy atom. The highest BCUT2D eigenvalue weighted by atomic mass is 16.5. The van der Waals surface area contributed by atoms with Gasteiger partial charge in [-0.1, -0.05) is 11.3 Å². The summed E-state index contributed by atoms with van der Waals surface area (Å²) in [4.78, 5) is 23.5. The summed E-state index contributed by atoms with van der Waals surface area (Å²) in [5.74, 6) is 0.470. The molecule has 8 nitrogen and oxygen atoms in total. The van der Waals surface area contributed by atoms with Crippen molar-refractivity contribution in [3.05, 3.63) is 29.7 Å². The monoisotopic (exact) mass is 317 g/mol. The smallest absolute Gasteiger partial charge is 0.273 e. The molecule has 0 spiro atoms. The summed E-state index contributed by atoms with van der Waals surface area (Å²) in [6.45, 7) is 0.491. The maximum Gasteiger partial charge on any atom is 0.273 e. The highest BCUT2D eigenvalue weighted by Crippen LogP contribution is 2.30. The van der Waals surface area contributed by atoms with Crippen LogP contribution in [0.2, 0.25) is 0 Å². The minimum atomic E-state index is -0.705. The van der Waals surface area contributed by atoms with E-state index in [9.17, 15) is 9.59 Å². The highest BCUT2D eigenvalue weighted by Gasteiger charge is 2.32. The lowest BCUT2D eigenvalue weighted by Gasteiger charge is -2.17. The Morgan fingerprint density at radius 2 is 2.26 bits per heavy atom. The summed E-state index contributed by atoms with van der Waals surface area (Å²) >= 11 is 0. The van der Waals surface area contributed by atoms with Gasteiger partial charge in [0.15, 0.2) is 11.5 Å². The van der Waals surface area contributed by atoms with Gasteiger partial charge in [-0.2, -0.15) is 0 Å². The molecule has 0 radical (unpaired) electrons. The Hall–Kier alpha value is -2.64. The number of nitrogens with two attached hydrogens (primary N) is 1. The minimum Gasteiger partial charge on any atom is -0.497 e. The number of amides is 2. The molecule has 2 amide bonds. The Kier molecular flexibility index (Phi) is 4.14. The van der Waals surface area contributed by atoms with Gasteiger partial charge in [0.2, 0.25) is 5.91 Å². The van der Waals surface area contributed by atoms with Gasteiger partial charge in [0.1, 0.15) is 5.76 Å². The molecule has 0 aliphatic heterocycles. The normalized spacial score (nSPS) is 20.0. The molecule has 1 unspecified atom stereocenters. The van der Waals surface area contributed by atoms with Gasteiger partial charge >= 0.3 is 0 Å². The molecule has 1 atom stereocenters. The van der Waals surface area contributed by atoms with Gasteiger partial charge in [-0.15, -0.1) is 5.10 Å². The number of primary amides is 1. The van der Waals surface area contributed by atoms with Gasteiger partial charge in [-0.3, -0.25) is 9.59 Å². The van der Waals surface area contributed by atoms with Crippen molar-refractivity contribution in [2.75, 3.05) is 12.4 Å². The van der Waals surface area contributed by atoms with E-state index >= 15 is 0 Å². The fraction of sp³-hybridized carbons (Fsp3) is 0.467. The summed E-state index contributed by atoms with van der Waals surface area (Å²) in [7, 11) is 1.62. The highest BCUT2D eigenvalue weighted by molar-refractivity contribution is 6.01. The summed E-state index contributed by atoms with van der Waals surface area (Å²) in [6, 6.07) is 0. The minimum absolute atomic E-state index is 0.00749. The van der Waals surface area contributed by atoms with Gasteiger partial charge in [0, 0.05) is 11.8 Å². The molecule has 1 aromatic rings. The number of rotatable bonds is 6. The van der Waals surface area contributed by atoms with E-state index in [0.29, 0.717) is 6.54 Å². The van der Waals surface area contributed by atoms with Gasteiger partial charge in [-0.25, -0.2) is 4.68 Å². The topological polar surface area (TPSA) is 112 Å². The third-order valence-corrected chi connectivity index (χ3v) is 3.96. The molecule has 1 heterocycles. The van der Waals surface area contributed by atoms with E-state index in [1.165, 1.54) is 4.68 Å². The predicted molar refractivity (Wildman–Crippen MR) is 82.2 cm³/mol. The number of anilines is 1. The second-order valence-electron chi connectivity index (χ2n) is 5.76. The number of carbonyl (C=O) groups excluding carboxylic acids is 2. The van der Waals surface area contributed by atoms with E-state index in [2.05, 4.69) is 15.6 Å². The number of allylic oxidation sites excluding steroid dienone is 3. The maximum absolute atomic E-state index is 12.0. The summed E-state index contributed by atoms with van der Waals surface area (Å²) in [5.41, 5.74) is 5.31. The lowest BCUT2D eigenvalue weighted by Crippen LogP contribution is -2.22. The number of methoxy groups -OCH3 is 1. The first kappa shape index (κ1) is 15.3. The molecule has 2 aliphatic rings. The molecule has 1 saturated carbocycles. The SMILES string of the molecule is COC1=CCC(Cn2nnc(C(N)=O)c2NC(=O)C2CC2)C=C1. The quantitative estimate of drug-likeness (QED) is 0.807. The van der Waals surface area contributed by atoms with E-state index in [-0.39, 0.29) is 29.3 Å². The van der Waals surface area contributed by atoms with Crippen LogP contribution in [0.5, 0.6) is 0 Å². The number of ether oxygens (including phenoxy) is 1. The zero-order valence-electron chi connectivity index (χ0n) is 12.9. The second kappa shape index (κ2) is 6.23. The predicted octanol–water partition coefficient (Wildman–Crippen LogP) is 0.832. The Morgan fingerprint density at radius 1 is 1.48 bits per heavy atom. The molecular weight excluding hydrogens is 298 g/mol. The first-order valence-corrected chi connectivity index (χ1v) is 7.55. The standard InChI is InChI=1S/C15H19N5O3/c1-23-11-6-2-9(3-7-11)8-20-14(12(13(16)21)18-19-20)17-15(22)10-4-5-10/h2,6-7,9-10H,3-5,8H2,1H3,(H2,16,21)(H,17,22). The van der Waals surface area contributed by atoms with E-state index in [1.807, 2.05) is 18.2 Å². The van der Waals surface area contributed by atoms with Gasteiger partial charge < -0.3 is 15.8 Å². The van der Waals surface area contributed by atoms with Gasteiger partial charge in [0.25, 0.3) is 5.91 Å². The third kappa shape index (κ3) is 3.41. The van der Waals surface area contributed by atoms with Gasteiger partial charge in [-0.05, 0) is 31.4 Å². The first-order chi connectivity index (χ1) is 11.1. The van der Waals surface area contributed by atoms with E-state index < -0.39 is 5.91 Å². The summed E-state index contributed by atoms with van der Waals surface area (Å²) in [6.07, 6.45) is 8.41. The third-order valence-electron chi connectivity index (χ3n) is 3.96. The molecule has 8 heteroatoms. The van der Waals surface area contributed by atoms with Crippen LogP contribution < -0.4 is 11.1 Å². The zero-order chi connectivity index (χ0) is 16.4. The Bertz CT molecular complexity index is 687. The number of carbonyl (C=O) groups is 2. The molecule has 23 heavy (non-hydrogen) atoms. The molecule has 3 rings (SSSR count). The average Bonchev–Trinajstić information content (AvgIpc) is 3.32. The lowest BCUT2D eigenvalue weighted by molar-refractivity contribution is -0.117. The molecule has 3 N–H and O–H groups in total. The molecule has 0 bridgehead atoms. The van der Waals surface area contributed by atoms with Crippen LogP contribution in [-0.4, -0.2) is 33.9 Å². The first-order valence-electron chi connectivity index (χ1n) is 7.55. The van der Waals surface area contributed by atoms with Gasteiger partial charge in [0.05, 0.1) is 13.7 Å². The molecule has 1 fully saturated rings.